The van der Waals surface area contributed by atoms with Crippen molar-refractivity contribution in [3.63, 3.8) is 0 Å². The van der Waals surface area contributed by atoms with Crippen molar-refractivity contribution in [1.29, 1.82) is 0 Å². The summed E-state index contributed by atoms with van der Waals surface area (Å²) in [5.41, 5.74) is 0.726. The fraction of sp³-hybridized carbons (Fsp3) is 0.435. The average Bonchev–Trinajstić information content (AvgIpc) is 3.22. The average molecular weight is 510 g/mol. The van der Waals surface area contributed by atoms with Gasteiger partial charge in [0.15, 0.2) is 14.6 Å². The van der Waals surface area contributed by atoms with Crippen LogP contribution in [0.5, 0.6) is 0 Å². The minimum absolute atomic E-state index is 0.0783. The van der Waals surface area contributed by atoms with E-state index < -0.39 is 44.1 Å². The molecule has 0 radical (unpaired) electrons. The molecule has 0 fully saturated rings. The van der Waals surface area contributed by atoms with Crippen LogP contribution in [0.4, 0.5) is 19.7 Å². The number of rotatable bonds is 7. The quantitative estimate of drug-likeness (QED) is 0.581. The number of carbonyl (C=O) groups excluding carboxylic acids is 2. The second-order valence-electron chi connectivity index (χ2n) is 9.67. The van der Waals surface area contributed by atoms with E-state index in [1.165, 1.54) is 27.8 Å². The van der Waals surface area contributed by atoms with Gasteiger partial charge in [0.1, 0.15) is 11.4 Å². The molecule has 190 valence electrons. The molecule has 1 aromatic heterocycles. The molecule has 10 nitrogen and oxygen atoms in total. The summed E-state index contributed by atoms with van der Waals surface area (Å²) in [6.45, 7) is 6.29. The highest BCUT2D eigenvalue weighted by Crippen LogP contribution is 2.31. The lowest BCUT2D eigenvalue weighted by Gasteiger charge is -2.25. The molecule has 0 aliphatic carbocycles. The van der Waals surface area contributed by atoms with Crippen LogP contribution in [0.1, 0.15) is 39.8 Å². The highest BCUT2D eigenvalue weighted by molar-refractivity contribution is 7.92. The number of aromatic nitrogens is 1. The molecule has 35 heavy (non-hydrogen) atoms. The van der Waals surface area contributed by atoms with E-state index in [1.807, 2.05) is 0 Å². The van der Waals surface area contributed by atoms with Crippen LogP contribution in [0.15, 0.2) is 30.5 Å². The van der Waals surface area contributed by atoms with Crippen LogP contribution in [-0.4, -0.2) is 64.2 Å². The van der Waals surface area contributed by atoms with Gasteiger partial charge in [-0.15, -0.1) is 0 Å². The van der Waals surface area contributed by atoms with Crippen molar-refractivity contribution in [2.75, 3.05) is 18.1 Å². The molecule has 0 saturated heterocycles. The van der Waals surface area contributed by atoms with E-state index in [9.17, 15) is 32.3 Å². The van der Waals surface area contributed by atoms with Crippen LogP contribution in [0.25, 0.3) is 11.1 Å². The monoisotopic (exact) mass is 509 g/mol. The lowest BCUT2D eigenvalue weighted by atomic mass is 10.1. The van der Waals surface area contributed by atoms with Gasteiger partial charge in [0.05, 0.1) is 6.54 Å². The van der Waals surface area contributed by atoms with Crippen LogP contribution in [-0.2, 0) is 25.9 Å². The molecule has 1 unspecified atom stereocenters. The van der Waals surface area contributed by atoms with Crippen molar-refractivity contribution in [3.05, 3.63) is 42.0 Å². The van der Waals surface area contributed by atoms with Crippen LogP contribution in [0, 0.1) is 5.82 Å². The summed E-state index contributed by atoms with van der Waals surface area (Å²) in [7, 11) is -3.91. The number of carboxylic acid groups (broad SMARTS) is 1. The van der Waals surface area contributed by atoms with Crippen LogP contribution >= 0.6 is 0 Å². The van der Waals surface area contributed by atoms with Crippen LogP contribution < -0.4 is 5.32 Å². The molecule has 12 heteroatoms. The third-order valence-corrected chi connectivity index (χ3v) is 7.80. The third kappa shape index (κ3) is 5.47. The Morgan fingerprint density at radius 2 is 1.86 bits per heavy atom. The van der Waals surface area contributed by atoms with Crippen molar-refractivity contribution >= 4 is 33.6 Å². The second kappa shape index (κ2) is 8.99. The number of fused-ring (bicyclic) bond motifs is 1. The molecule has 2 amide bonds. The maximum Gasteiger partial charge on any atom is 0.412 e. The number of aliphatic carboxylic acids is 1. The zero-order valence-corrected chi connectivity index (χ0v) is 20.9. The standard InChI is InChI=1S/C23H28FN3O7S/c1-22(2,3)34-20(30)25-15-6-7-17(18(24)11-15)14-10-16-13-26(21(31)27(16)12-14)9-8-23(4,19(28)29)35(5,32)33/h6-7,10-12H,8-9,13H2,1-5H3,(H,25,30)(H,28,29). The van der Waals surface area contributed by atoms with Gasteiger partial charge in [0.2, 0.25) is 0 Å². The van der Waals surface area contributed by atoms with Gasteiger partial charge in [-0.3, -0.25) is 14.7 Å². The third-order valence-electron chi connectivity index (χ3n) is 5.78. The molecule has 2 heterocycles. The predicted octanol–water partition coefficient (Wildman–Crippen LogP) is 3.70. The van der Waals surface area contributed by atoms with Gasteiger partial charge in [-0.25, -0.2) is 22.4 Å². The van der Waals surface area contributed by atoms with Crippen LogP contribution in [0.3, 0.4) is 0 Å². The van der Waals surface area contributed by atoms with Gasteiger partial charge in [-0.2, -0.15) is 0 Å². The Hall–Kier alpha value is -3.41. The topological polar surface area (TPSA) is 135 Å². The molecule has 2 aromatic rings. The maximum atomic E-state index is 14.8. The molecular weight excluding hydrogens is 481 g/mol. The first-order valence-corrected chi connectivity index (χ1v) is 12.6. The number of nitrogens with one attached hydrogen (secondary N) is 1. The summed E-state index contributed by atoms with van der Waals surface area (Å²) >= 11 is 0. The molecule has 3 rings (SSSR count). The molecule has 0 bridgehead atoms. The number of sulfone groups is 1. The molecule has 1 aliphatic rings. The van der Waals surface area contributed by atoms with Crippen molar-refractivity contribution in [2.45, 2.75) is 51.0 Å². The molecular formula is C23H28FN3O7S. The van der Waals surface area contributed by atoms with E-state index in [0.717, 1.165) is 19.2 Å². The minimum Gasteiger partial charge on any atom is -0.480 e. The zero-order valence-electron chi connectivity index (χ0n) is 20.1. The highest BCUT2D eigenvalue weighted by Gasteiger charge is 2.44. The number of hydrogen-bond donors (Lipinski definition) is 2. The number of carboxylic acids is 1. The van der Waals surface area contributed by atoms with E-state index in [4.69, 9.17) is 4.74 Å². The SMILES string of the molecule is CC(C)(C)OC(=O)Nc1ccc(-c2cc3n(c2)C(=O)N(CCC(C)(C(=O)O)S(C)(=O)=O)C3)c(F)c1. The first kappa shape index (κ1) is 26.2. The first-order valence-electron chi connectivity index (χ1n) is 10.8. The summed E-state index contributed by atoms with van der Waals surface area (Å²) in [6.07, 6.45) is 1.33. The van der Waals surface area contributed by atoms with E-state index in [0.29, 0.717) is 11.3 Å². The van der Waals surface area contributed by atoms with Gasteiger partial charge < -0.3 is 14.7 Å². The summed E-state index contributed by atoms with van der Waals surface area (Å²) < 4.78 is 43.2. The minimum atomic E-state index is -3.91. The van der Waals surface area contributed by atoms with Gasteiger partial charge in [-0.05, 0) is 58.4 Å². The Kier molecular flexibility index (Phi) is 6.73. The highest BCUT2D eigenvalue weighted by atomic mass is 32.2. The van der Waals surface area contributed by atoms with Gasteiger partial charge in [0, 0.05) is 41.5 Å². The van der Waals surface area contributed by atoms with E-state index in [2.05, 4.69) is 5.32 Å². The number of amides is 2. The predicted molar refractivity (Wildman–Crippen MR) is 126 cm³/mol. The van der Waals surface area contributed by atoms with E-state index >= 15 is 0 Å². The summed E-state index contributed by atoms with van der Waals surface area (Å²) in [4.78, 5) is 37.6. The Morgan fingerprint density at radius 1 is 1.20 bits per heavy atom. The fourth-order valence-electron chi connectivity index (χ4n) is 3.59. The van der Waals surface area contributed by atoms with E-state index in [-0.39, 0.29) is 30.8 Å². The number of halogens is 1. The largest absolute Gasteiger partial charge is 0.480 e. The molecule has 1 atom stereocenters. The first-order chi connectivity index (χ1) is 16.0. The Morgan fingerprint density at radius 3 is 2.37 bits per heavy atom. The van der Waals surface area contributed by atoms with Gasteiger partial charge in [-0.1, -0.05) is 0 Å². The van der Waals surface area contributed by atoms with Crippen molar-refractivity contribution in [2.24, 2.45) is 0 Å². The summed E-state index contributed by atoms with van der Waals surface area (Å²) in [5.74, 6) is -2.09. The lowest BCUT2D eigenvalue weighted by Crippen LogP contribution is -2.45. The van der Waals surface area contributed by atoms with Crippen molar-refractivity contribution in [1.82, 2.24) is 9.47 Å². The Balaban J connectivity index is 1.72. The van der Waals surface area contributed by atoms with E-state index in [1.54, 1.807) is 26.8 Å². The second-order valence-corrected chi connectivity index (χ2v) is 12.1. The number of carbonyl (C=O) groups is 3. The number of anilines is 1. The molecule has 0 saturated carbocycles. The smallest absolute Gasteiger partial charge is 0.412 e. The Bertz CT molecular complexity index is 1300. The van der Waals surface area contributed by atoms with Crippen molar-refractivity contribution in [3.8, 4) is 11.1 Å². The summed E-state index contributed by atoms with van der Waals surface area (Å²) in [6, 6.07) is 5.30. The van der Waals surface area contributed by atoms with Crippen molar-refractivity contribution < 1.29 is 37.0 Å². The number of hydrogen-bond acceptors (Lipinski definition) is 6. The maximum absolute atomic E-state index is 14.8. The molecule has 2 N–H and O–H groups in total. The number of nitrogens with zero attached hydrogens (tertiary/aromatic N) is 2. The van der Waals surface area contributed by atoms with Gasteiger partial charge >= 0.3 is 18.1 Å². The lowest BCUT2D eigenvalue weighted by molar-refractivity contribution is -0.139. The molecule has 1 aromatic carbocycles. The van der Waals surface area contributed by atoms with Gasteiger partial charge in [0.25, 0.3) is 0 Å². The number of ether oxygens (including phenoxy) is 1. The van der Waals surface area contributed by atoms with Crippen LogP contribution in [0.2, 0.25) is 0 Å². The zero-order chi connectivity index (χ0) is 26.3. The number of benzene rings is 1. The molecule has 0 spiro atoms. The molecule has 1 aliphatic heterocycles. The summed E-state index contributed by atoms with van der Waals surface area (Å²) in [5, 5.41) is 11.9. The Labute approximate surface area is 202 Å². The fourth-order valence-corrected chi connectivity index (χ4v) is 4.37. The normalized spacial score (nSPS) is 15.5.